The summed E-state index contributed by atoms with van der Waals surface area (Å²) in [7, 11) is 1.47. The first-order chi connectivity index (χ1) is 12.4. The van der Waals surface area contributed by atoms with Crippen LogP contribution in [-0.4, -0.2) is 30.9 Å². The van der Waals surface area contributed by atoms with Gasteiger partial charge >= 0.3 is 0 Å². The summed E-state index contributed by atoms with van der Waals surface area (Å²) in [6.07, 6.45) is 1.43. The molecule has 2 aromatic rings. The summed E-state index contributed by atoms with van der Waals surface area (Å²) < 4.78 is 10.5. The Morgan fingerprint density at radius 2 is 2.04 bits per heavy atom. The molecule has 0 saturated heterocycles. The van der Waals surface area contributed by atoms with E-state index in [-0.39, 0.29) is 18.3 Å². The van der Waals surface area contributed by atoms with Gasteiger partial charge in [-0.15, -0.1) is 0 Å². The van der Waals surface area contributed by atoms with Gasteiger partial charge in [0, 0.05) is 0 Å². The van der Waals surface area contributed by atoms with Crippen LogP contribution in [0.3, 0.4) is 0 Å². The Hall–Kier alpha value is -3.02. The SMILES string of the molecule is COc1ccc(/C=N/NC(=O)COc2ccc(C(C)C)c(C)c2)cc1O. The molecule has 0 aliphatic heterocycles. The van der Waals surface area contributed by atoms with Crippen molar-refractivity contribution in [2.24, 2.45) is 5.10 Å². The molecule has 0 heterocycles. The molecule has 138 valence electrons. The van der Waals surface area contributed by atoms with Crippen LogP contribution in [0.5, 0.6) is 17.2 Å². The maximum atomic E-state index is 11.8. The lowest BCUT2D eigenvalue weighted by Gasteiger charge is -2.12. The van der Waals surface area contributed by atoms with Crippen molar-refractivity contribution in [1.82, 2.24) is 5.43 Å². The lowest BCUT2D eigenvalue weighted by molar-refractivity contribution is -0.123. The molecule has 0 unspecified atom stereocenters. The second-order valence-corrected chi connectivity index (χ2v) is 6.19. The number of phenols is 1. The van der Waals surface area contributed by atoms with E-state index < -0.39 is 0 Å². The number of amides is 1. The van der Waals surface area contributed by atoms with Gasteiger partial charge in [0.2, 0.25) is 0 Å². The van der Waals surface area contributed by atoms with E-state index in [4.69, 9.17) is 9.47 Å². The predicted octanol–water partition coefficient (Wildman–Crippen LogP) is 3.36. The molecular weight excluding hydrogens is 332 g/mol. The van der Waals surface area contributed by atoms with Crippen molar-refractivity contribution < 1.29 is 19.4 Å². The molecule has 26 heavy (non-hydrogen) atoms. The highest BCUT2D eigenvalue weighted by atomic mass is 16.5. The summed E-state index contributed by atoms with van der Waals surface area (Å²) >= 11 is 0. The predicted molar refractivity (Wildman–Crippen MR) is 101 cm³/mol. The fourth-order valence-corrected chi connectivity index (χ4v) is 2.53. The van der Waals surface area contributed by atoms with Crippen molar-refractivity contribution in [3.8, 4) is 17.2 Å². The molecule has 0 atom stereocenters. The van der Waals surface area contributed by atoms with Crippen molar-refractivity contribution in [2.75, 3.05) is 13.7 Å². The summed E-state index contributed by atoms with van der Waals surface area (Å²) in [5, 5.41) is 13.5. The van der Waals surface area contributed by atoms with E-state index in [1.165, 1.54) is 25.0 Å². The van der Waals surface area contributed by atoms with Gasteiger partial charge in [-0.25, -0.2) is 5.43 Å². The second kappa shape index (κ2) is 8.89. The molecule has 1 amide bonds. The minimum absolute atomic E-state index is 0.00586. The van der Waals surface area contributed by atoms with Gasteiger partial charge < -0.3 is 14.6 Å². The van der Waals surface area contributed by atoms with E-state index in [0.29, 0.717) is 23.0 Å². The second-order valence-electron chi connectivity index (χ2n) is 6.19. The number of nitrogens with one attached hydrogen (secondary N) is 1. The van der Waals surface area contributed by atoms with Gasteiger partial charge in [-0.05, 0) is 59.9 Å². The van der Waals surface area contributed by atoms with Crippen molar-refractivity contribution in [3.63, 3.8) is 0 Å². The molecular formula is C20H24N2O4. The quantitative estimate of drug-likeness (QED) is 0.589. The van der Waals surface area contributed by atoms with Gasteiger partial charge in [-0.3, -0.25) is 4.79 Å². The highest BCUT2D eigenvalue weighted by Crippen LogP contribution is 2.25. The van der Waals surface area contributed by atoms with Crippen molar-refractivity contribution >= 4 is 12.1 Å². The van der Waals surface area contributed by atoms with Crippen molar-refractivity contribution in [1.29, 1.82) is 0 Å². The first kappa shape index (κ1) is 19.3. The van der Waals surface area contributed by atoms with Crippen LogP contribution in [0.1, 0.15) is 36.5 Å². The summed E-state index contributed by atoms with van der Waals surface area (Å²) in [5.74, 6) is 1.10. The molecule has 0 aromatic heterocycles. The molecule has 0 fully saturated rings. The van der Waals surface area contributed by atoms with Gasteiger partial charge in [0.25, 0.3) is 5.91 Å². The molecule has 6 nitrogen and oxygen atoms in total. The topological polar surface area (TPSA) is 80.2 Å². The van der Waals surface area contributed by atoms with Gasteiger partial charge in [0.1, 0.15) is 5.75 Å². The largest absolute Gasteiger partial charge is 0.504 e. The number of rotatable bonds is 7. The number of benzene rings is 2. The highest BCUT2D eigenvalue weighted by Gasteiger charge is 2.06. The molecule has 0 radical (unpaired) electrons. The Kier molecular flexibility index (Phi) is 6.60. The number of ether oxygens (including phenoxy) is 2. The van der Waals surface area contributed by atoms with Gasteiger partial charge in [-0.1, -0.05) is 19.9 Å². The lowest BCUT2D eigenvalue weighted by Crippen LogP contribution is -2.24. The summed E-state index contributed by atoms with van der Waals surface area (Å²) in [4.78, 5) is 11.8. The van der Waals surface area contributed by atoms with Gasteiger partial charge in [-0.2, -0.15) is 5.10 Å². The minimum Gasteiger partial charge on any atom is -0.504 e. The third-order valence-corrected chi connectivity index (χ3v) is 3.84. The maximum Gasteiger partial charge on any atom is 0.277 e. The molecule has 0 saturated carbocycles. The van der Waals surface area contributed by atoms with Crippen LogP contribution in [0, 0.1) is 6.92 Å². The van der Waals surface area contributed by atoms with E-state index in [0.717, 1.165) is 5.56 Å². The van der Waals surface area contributed by atoms with Crippen LogP contribution in [0.4, 0.5) is 0 Å². The number of nitrogens with zero attached hydrogens (tertiary/aromatic N) is 1. The zero-order chi connectivity index (χ0) is 19.1. The molecule has 0 spiro atoms. The molecule has 6 heteroatoms. The average molecular weight is 356 g/mol. The third kappa shape index (κ3) is 5.24. The maximum absolute atomic E-state index is 11.8. The Labute approximate surface area is 153 Å². The lowest BCUT2D eigenvalue weighted by atomic mass is 9.98. The van der Waals surface area contributed by atoms with Crippen LogP contribution in [-0.2, 0) is 4.79 Å². The summed E-state index contributed by atoms with van der Waals surface area (Å²) in [6, 6.07) is 10.6. The first-order valence-corrected chi connectivity index (χ1v) is 8.33. The van der Waals surface area contributed by atoms with Crippen LogP contribution in [0.2, 0.25) is 0 Å². The number of carbonyl (C=O) groups is 1. The Morgan fingerprint density at radius 3 is 2.65 bits per heavy atom. The molecule has 0 aliphatic carbocycles. The van der Waals surface area contributed by atoms with Crippen LogP contribution < -0.4 is 14.9 Å². The number of aryl methyl sites for hydroxylation is 1. The molecule has 2 rings (SSSR count). The molecule has 0 bridgehead atoms. The zero-order valence-corrected chi connectivity index (χ0v) is 15.4. The van der Waals surface area contributed by atoms with E-state index >= 15 is 0 Å². The number of hydrogen-bond donors (Lipinski definition) is 2. The van der Waals surface area contributed by atoms with E-state index in [1.807, 2.05) is 25.1 Å². The molecule has 0 aliphatic rings. The minimum atomic E-state index is -0.371. The standard InChI is InChI=1S/C20H24N2O4/c1-13(2)17-7-6-16(9-14(17)3)26-12-20(24)22-21-11-15-5-8-19(25-4)18(23)10-15/h5-11,13,23H,12H2,1-4H3,(H,22,24)/b21-11+. The monoisotopic (exact) mass is 356 g/mol. The van der Waals surface area contributed by atoms with Crippen LogP contribution in [0.15, 0.2) is 41.5 Å². The van der Waals surface area contributed by atoms with Gasteiger partial charge in [0.05, 0.1) is 13.3 Å². The van der Waals surface area contributed by atoms with Crippen molar-refractivity contribution in [2.45, 2.75) is 26.7 Å². The Balaban J connectivity index is 1.85. The van der Waals surface area contributed by atoms with E-state index in [2.05, 4.69) is 24.4 Å². The fraction of sp³-hybridized carbons (Fsp3) is 0.300. The van der Waals surface area contributed by atoms with Crippen LogP contribution >= 0.6 is 0 Å². The highest BCUT2D eigenvalue weighted by molar-refractivity contribution is 5.83. The fourth-order valence-electron chi connectivity index (χ4n) is 2.53. The molecule has 2 aromatic carbocycles. The normalized spacial score (nSPS) is 11.0. The molecule has 2 N–H and O–H groups in total. The average Bonchev–Trinajstić information content (AvgIpc) is 2.60. The number of phenolic OH excluding ortho intramolecular Hbond substituents is 1. The third-order valence-electron chi connectivity index (χ3n) is 3.84. The first-order valence-electron chi connectivity index (χ1n) is 8.33. The Morgan fingerprint density at radius 1 is 1.27 bits per heavy atom. The number of aromatic hydroxyl groups is 1. The van der Waals surface area contributed by atoms with E-state index in [1.54, 1.807) is 12.1 Å². The number of methoxy groups -OCH3 is 1. The number of hydrogen-bond acceptors (Lipinski definition) is 5. The number of hydrazone groups is 1. The zero-order valence-electron chi connectivity index (χ0n) is 15.4. The van der Waals surface area contributed by atoms with Gasteiger partial charge in [0.15, 0.2) is 18.1 Å². The summed E-state index contributed by atoms with van der Waals surface area (Å²) in [5.41, 5.74) is 5.41. The Bertz CT molecular complexity index is 800. The summed E-state index contributed by atoms with van der Waals surface area (Å²) in [6.45, 7) is 6.16. The van der Waals surface area contributed by atoms with Crippen LogP contribution in [0.25, 0.3) is 0 Å². The smallest absolute Gasteiger partial charge is 0.277 e. The van der Waals surface area contributed by atoms with Crippen molar-refractivity contribution in [3.05, 3.63) is 53.1 Å². The number of carbonyl (C=O) groups excluding carboxylic acids is 1. The van der Waals surface area contributed by atoms with E-state index in [9.17, 15) is 9.90 Å².